The number of thiophene rings is 1. The van der Waals surface area contributed by atoms with Gasteiger partial charge in [-0.1, -0.05) is 17.8 Å². The van der Waals surface area contributed by atoms with Gasteiger partial charge in [0.1, 0.15) is 0 Å². The molecule has 2 N–H and O–H groups in total. The Labute approximate surface area is 194 Å². The molecule has 0 saturated heterocycles. The van der Waals surface area contributed by atoms with E-state index < -0.39 is 0 Å². The molecule has 1 aliphatic heterocycles. The normalized spacial score (nSPS) is 18.0. The van der Waals surface area contributed by atoms with E-state index in [0.717, 1.165) is 23.4 Å². The van der Waals surface area contributed by atoms with Crippen molar-refractivity contribution in [1.29, 1.82) is 5.26 Å². The highest BCUT2D eigenvalue weighted by Crippen LogP contribution is 2.45. The van der Waals surface area contributed by atoms with E-state index in [-0.39, 0.29) is 29.1 Å². The molecular formula is C24H21N3O3S2. The van der Waals surface area contributed by atoms with Crippen LogP contribution in [0, 0.1) is 11.3 Å². The van der Waals surface area contributed by atoms with E-state index in [0.29, 0.717) is 33.8 Å². The SMILES string of the molecule is CC(=O)c1ccc(NC(=O)CSC2=C(C#N)[C@H](c3cccs3)C3=C(CCCC3=O)N2)cc1. The molecule has 2 heterocycles. The first-order valence-corrected chi connectivity index (χ1v) is 12.1. The van der Waals surface area contributed by atoms with Crippen LogP contribution in [0.25, 0.3) is 0 Å². The number of thioether (sulfide) groups is 1. The van der Waals surface area contributed by atoms with E-state index in [9.17, 15) is 19.6 Å². The maximum Gasteiger partial charge on any atom is 0.234 e. The molecule has 0 unspecified atom stereocenters. The fraction of sp³-hybridized carbons (Fsp3) is 0.250. The second-order valence-electron chi connectivity index (χ2n) is 7.57. The summed E-state index contributed by atoms with van der Waals surface area (Å²) in [5.74, 6) is -0.443. The Bertz CT molecular complexity index is 1170. The molecule has 0 spiro atoms. The van der Waals surface area contributed by atoms with Crippen LogP contribution in [0.15, 0.2) is 63.7 Å². The number of allylic oxidation sites excluding steroid dienone is 3. The molecule has 1 atom stereocenters. The van der Waals surface area contributed by atoms with Crippen molar-refractivity contribution in [2.75, 3.05) is 11.1 Å². The maximum absolute atomic E-state index is 12.7. The van der Waals surface area contributed by atoms with Crippen LogP contribution in [0.2, 0.25) is 0 Å². The lowest BCUT2D eigenvalue weighted by molar-refractivity contribution is -0.116. The third-order valence-corrected chi connectivity index (χ3v) is 7.37. The van der Waals surface area contributed by atoms with E-state index in [1.807, 2.05) is 17.5 Å². The summed E-state index contributed by atoms with van der Waals surface area (Å²) in [6.07, 6.45) is 2.02. The Morgan fingerprint density at radius 2 is 2.03 bits per heavy atom. The zero-order chi connectivity index (χ0) is 22.7. The Morgan fingerprint density at radius 1 is 1.25 bits per heavy atom. The van der Waals surface area contributed by atoms with Crippen LogP contribution in [0.1, 0.15) is 47.3 Å². The fourth-order valence-electron chi connectivity index (χ4n) is 3.90. The topological polar surface area (TPSA) is 99.1 Å². The zero-order valence-electron chi connectivity index (χ0n) is 17.4. The number of hydrogen-bond donors (Lipinski definition) is 2. The number of Topliss-reactive ketones (excluding diaryl/α,β-unsaturated/α-hetero) is 2. The van der Waals surface area contributed by atoms with Crippen molar-refractivity contribution in [3.63, 3.8) is 0 Å². The molecule has 2 aliphatic rings. The van der Waals surface area contributed by atoms with Gasteiger partial charge in [-0.05, 0) is 55.5 Å². The molecule has 1 amide bonds. The van der Waals surface area contributed by atoms with Gasteiger partial charge >= 0.3 is 0 Å². The summed E-state index contributed by atoms with van der Waals surface area (Å²) in [5, 5.41) is 18.6. The number of nitriles is 1. The quantitative estimate of drug-likeness (QED) is 0.600. The number of anilines is 1. The standard InChI is InChI=1S/C24H21N3O3S2/c1-14(28)15-7-9-16(10-8-15)26-21(30)13-32-24-17(12-25)22(20-6-3-11-31-20)23-18(27-24)4-2-5-19(23)29/h3,6-11,22,27H,2,4-5,13H2,1H3,(H,26,30)/t22-/m1/s1. The molecule has 0 saturated carbocycles. The van der Waals surface area contributed by atoms with Crippen LogP contribution < -0.4 is 10.6 Å². The Balaban J connectivity index is 1.52. The number of benzene rings is 1. The molecule has 162 valence electrons. The van der Waals surface area contributed by atoms with Gasteiger partial charge in [0.2, 0.25) is 5.91 Å². The number of carbonyl (C=O) groups is 3. The monoisotopic (exact) mass is 463 g/mol. The summed E-state index contributed by atoms with van der Waals surface area (Å²) in [7, 11) is 0. The van der Waals surface area contributed by atoms with Crippen LogP contribution >= 0.6 is 23.1 Å². The van der Waals surface area contributed by atoms with Crippen LogP contribution in [-0.2, 0) is 9.59 Å². The molecule has 0 radical (unpaired) electrons. The van der Waals surface area contributed by atoms with Gasteiger partial charge in [0.25, 0.3) is 0 Å². The summed E-state index contributed by atoms with van der Waals surface area (Å²) in [4.78, 5) is 37.6. The van der Waals surface area contributed by atoms with Gasteiger partial charge < -0.3 is 10.6 Å². The van der Waals surface area contributed by atoms with Crippen LogP contribution in [0.3, 0.4) is 0 Å². The predicted molar refractivity (Wildman–Crippen MR) is 126 cm³/mol. The third-order valence-electron chi connectivity index (χ3n) is 5.41. The number of amides is 1. The highest BCUT2D eigenvalue weighted by molar-refractivity contribution is 8.03. The average Bonchev–Trinajstić information content (AvgIpc) is 3.32. The molecule has 8 heteroatoms. The smallest absolute Gasteiger partial charge is 0.234 e. The largest absolute Gasteiger partial charge is 0.352 e. The molecule has 0 fully saturated rings. The molecule has 6 nitrogen and oxygen atoms in total. The first-order chi connectivity index (χ1) is 15.5. The van der Waals surface area contributed by atoms with Crippen molar-refractivity contribution in [2.45, 2.75) is 32.1 Å². The summed E-state index contributed by atoms with van der Waals surface area (Å²) in [6, 6.07) is 12.9. The van der Waals surface area contributed by atoms with E-state index >= 15 is 0 Å². The van der Waals surface area contributed by atoms with E-state index in [1.54, 1.807) is 24.3 Å². The molecule has 2 aromatic rings. The predicted octanol–water partition coefficient (Wildman–Crippen LogP) is 4.75. The lowest BCUT2D eigenvalue weighted by atomic mass is 9.79. The van der Waals surface area contributed by atoms with Gasteiger partial charge in [0, 0.05) is 33.8 Å². The molecule has 0 bridgehead atoms. The Kier molecular flexibility index (Phi) is 6.58. The summed E-state index contributed by atoms with van der Waals surface area (Å²) >= 11 is 2.79. The maximum atomic E-state index is 12.7. The number of rotatable bonds is 6. The van der Waals surface area contributed by atoms with Gasteiger partial charge in [-0.2, -0.15) is 5.26 Å². The average molecular weight is 464 g/mol. The molecule has 1 aromatic heterocycles. The highest BCUT2D eigenvalue weighted by atomic mass is 32.2. The molecule has 32 heavy (non-hydrogen) atoms. The first-order valence-electron chi connectivity index (χ1n) is 10.2. The van der Waals surface area contributed by atoms with Crippen LogP contribution in [0.4, 0.5) is 5.69 Å². The van der Waals surface area contributed by atoms with E-state index in [1.165, 1.54) is 30.0 Å². The number of hydrogen-bond acceptors (Lipinski definition) is 7. The van der Waals surface area contributed by atoms with E-state index in [4.69, 9.17) is 0 Å². The molecule has 1 aromatic carbocycles. The van der Waals surface area contributed by atoms with Crippen molar-refractivity contribution >= 4 is 46.3 Å². The fourth-order valence-corrected chi connectivity index (χ4v) is 5.61. The molecule has 4 rings (SSSR count). The van der Waals surface area contributed by atoms with Gasteiger partial charge in [0.15, 0.2) is 11.6 Å². The van der Waals surface area contributed by atoms with E-state index in [2.05, 4.69) is 16.7 Å². The molecule has 1 aliphatic carbocycles. The summed E-state index contributed by atoms with van der Waals surface area (Å²) < 4.78 is 0. The van der Waals surface area contributed by atoms with Gasteiger partial charge in [0.05, 0.1) is 28.3 Å². The highest BCUT2D eigenvalue weighted by Gasteiger charge is 2.37. The third kappa shape index (κ3) is 4.54. The lowest BCUT2D eigenvalue weighted by Gasteiger charge is -2.32. The van der Waals surface area contributed by atoms with Crippen molar-refractivity contribution in [2.24, 2.45) is 0 Å². The second-order valence-corrected chi connectivity index (χ2v) is 9.53. The minimum absolute atomic E-state index is 0.0343. The number of nitrogens with zero attached hydrogens (tertiary/aromatic N) is 1. The number of ketones is 2. The lowest BCUT2D eigenvalue weighted by Crippen LogP contribution is -2.31. The summed E-state index contributed by atoms with van der Waals surface area (Å²) in [6.45, 7) is 1.49. The minimum atomic E-state index is -0.381. The van der Waals surface area contributed by atoms with Crippen molar-refractivity contribution in [1.82, 2.24) is 5.32 Å². The number of carbonyl (C=O) groups excluding carboxylic acids is 3. The van der Waals surface area contributed by atoms with Gasteiger partial charge in [-0.15, -0.1) is 11.3 Å². The van der Waals surface area contributed by atoms with Gasteiger partial charge in [-0.25, -0.2) is 0 Å². The second kappa shape index (κ2) is 9.55. The summed E-state index contributed by atoms with van der Waals surface area (Å²) in [5.41, 5.74) is 3.21. The minimum Gasteiger partial charge on any atom is -0.352 e. The Hall–Kier alpha value is -3.15. The van der Waals surface area contributed by atoms with Crippen LogP contribution in [0.5, 0.6) is 0 Å². The molecular weight excluding hydrogens is 442 g/mol. The zero-order valence-corrected chi connectivity index (χ0v) is 19.1. The number of dihydropyridines is 1. The van der Waals surface area contributed by atoms with Crippen molar-refractivity contribution < 1.29 is 14.4 Å². The Morgan fingerprint density at radius 3 is 2.69 bits per heavy atom. The first kappa shape index (κ1) is 22.1. The van der Waals surface area contributed by atoms with Gasteiger partial charge in [-0.3, -0.25) is 14.4 Å². The number of nitrogens with one attached hydrogen (secondary N) is 2. The van der Waals surface area contributed by atoms with Crippen LogP contribution in [-0.4, -0.2) is 23.2 Å². The van der Waals surface area contributed by atoms with Crippen molar-refractivity contribution in [3.05, 3.63) is 74.1 Å². The van der Waals surface area contributed by atoms with Crippen molar-refractivity contribution in [3.8, 4) is 6.07 Å².